The van der Waals surface area contributed by atoms with Crippen LogP contribution >= 0.6 is 0 Å². The lowest BCUT2D eigenvalue weighted by Gasteiger charge is -2.37. The summed E-state index contributed by atoms with van der Waals surface area (Å²) >= 11 is 0. The Morgan fingerprint density at radius 2 is 1.93 bits per heavy atom. The summed E-state index contributed by atoms with van der Waals surface area (Å²) in [4.78, 5) is 0. The van der Waals surface area contributed by atoms with Crippen molar-refractivity contribution in [3.8, 4) is 0 Å². The third-order valence-electron chi connectivity index (χ3n) is 4.19. The summed E-state index contributed by atoms with van der Waals surface area (Å²) < 4.78 is 0. The van der Waals surface area contributed by atoms with Gasteiger partial charge in [0.05, 0.1) is 0 Å². The molecule has 1 spiro atoms. The van der Waals surface area contributed by atoms with Crippen LogP contribution in [0.2, 0.25) is 0 Å². The van der Waals surface area contributed by atoms with E-state index in [1.54, 1.807) is 0 Å². The van der Waals surface area contributed by atoms with Crippen LogP contribution < -0.4 is 11.1 Å². The van der Waals surface area contributed by atoms with Crippen LogP contribution in [0.15, 0.2) is 24.3 Å². The predicted molar refractivity (Wildman–Crippen MR) is 61.6 cm³/mol. The van der Waals surface area contributed by atoms with Crippen LogP contribution in [0.1, 0.15) is 30.0 Å². The van der Waals surface area contributed by atoms with Crippen LogP contribution in [-0.2, 0) is 6.42 Å². The molecular weight excluding hydrogens is 184 g/mol. The fourth-order valence-electron chi connectivity index (χ4n) is 3.23. The van der Waals surface area contributed by atoms with Crippen molar-refractivity contribution in [1.82, 2.24) is 5.32 Å². The molecule has 0 saturated carbocycles. The molecule has 1 aliphatic carbocycles. The maximum Gasteiger partial charge on any atom is 0.0359 e. The Balaban J connectivity index is 1.98. The fraction of sp³-hybridized carbons (Fsp3) is 0.538. The fourth-order valence-corrected chi connectivity index (χ4v) is 3.23. The zero-order chi connectivity index (χ0) is 10.3. The standard InChI is InChI=1S/C13H18N2/c14-12-11-4-2-1-3-10(11)9-13(12)5-7-15-8-6-13/h1-4,12,15H,5-9,14H2/t12-/m1/s1. The Bertz CT molecular complexity index is 367. The molecule has 0 bridgehead atoms. The van der Waals surface area contributed by atoms with Crippen molar-refractivity contribution in [2.75, 3.05) is 13.1 Å². The minimum Gasteiger partial charge on any atom is -0.323 e. The maximum atomic E-state index is 6.43. The highest BCUT2D eigenvalue weighted by Crippen LogP contribution is 2.49. The Hall–Kier alpha value is -0.860. The Morgan fingerprint density at radius 1 is 1.20 bits per heavy atom. The van der Waals surface area contributed by atoms with Gasteiger partial charge in [-0.3, -0.25) is 0 Å². The number of rotatable bonds is 0. The van der Waals surface area contributed by atoms with Crippen LogP contribution in [0.25, 0.3) is 0 Å². The van der Waals surface area contributed by atoms with Crippen LogP contribution in [0, 0.1) is 5.41 Å². The lowest BCUT2D eigenvalue weighted by atomic mass is 9.73. The van der Waals surface area contributed by atoms with Crippen molar-refractivity contribution >= 4 is 0 Å². The number of hydrogen-bond donors (Lipinski definition) is 2. The molecule has 15 heavy (non-hydrogen) atoms. The molecule has 2 aliphatic rings. The minimum absolute atomic E-state index is 0.260. The quantitative estimate of drug-likeness (QED) is 0.671. The largest absolute Gasteiger partial charge is 0.323 e. The molecule has 3 rings (SSSR count). The van der Waals surface area contributed by atoms with Crippen molar-refractivity contribution in [3.63, 3.8) is 0 Å². The van der Waals surface area contributed by atoms with Crippen molar-refractivity contribution in [2.45, 2.75) is 25.3 Å². The van der Waals surface area contributed by atoms with Crippen molar-refractivity contribution in [1.29, 1.82) is 0 Å². The topological polar surface area (TPSA) is 38.0 Å². The average molecular weight is 202 g/mol. The van der Waals surface area contributed by atoms with Gasteiger partial charge in [-0.2, -0.15) is 0 Å². The Labute approximate surface area is 90.9 Å². The first-order chi connectivity index (χ1) is 7.32. The molecule has 3 N–H and O–H groups in total. The van der Waals surface area contributed by atoms with Crippen LogP contribution in [-0.4, -0.2) is 13.1 Å². The van der Waals surface area contributed by atoms with Gasteiger partial charge in [-0.1, -0.05) is 24.3 Å². The molecule has 1 heterocycles. The molecule has 1 aliphatic heterocycles. The normalized spacial score (nSPS) is 27.9. The van der Waals surface area contributed by atoms with E-state index in [2.05, 4.69) is 29.6 Å². The summed E-state index contributed by atoms with van der Waals surface area (Å²) in [7, 11) is 0. The number of nitrogens with one attached hydrogen (secondary N) is 1. The Kier molecular flexibility index (Phi) is 2.08. The molecule has 0 aromatic heterocycles. The van der Waals surface area contributed by atoms with E-state index in [1.807, 2.05) is 0 Å². The highest BCUT2D eigenvalue weighted by Gasteiger charge is 2.44. The monoisotopic (exact) mass is 202 g/mol. The minimum atomic E-state index is 0.260. The second kappa shape index (κ2) is 3.32. The van der Waals surface area contributed by atoms with Gasteiger partial charge >= 0.3 is 0 Å². The summed E-state index contributed by atoms with van der Waals surface area (Å²) in [6, 6.07) is 8.95. The Morgan fingerprint density at radius 3 is 2.67 bits per heavy atom. The lowest BCUT2D eigenvalue weighted by molar-refractivity contribution is 0.174. The third-order valence-corrected chi connectivity index (χ3v) is 4.19. The first kappa shape index (κ1) is 9.37. The SMILES string of the molecule is N[C@@H]1c2ccccc2CC12CCNCC2. The van der Waals surface area contributed by atoms with Crippen LogP contribution in [0.5, 0.6) is 0 Å². The highest BCUT2D eigenvalue weighted by atomic mass is 14.9. The second-order valence-electron chi connectivity index (χ2n) is 4.97. The summed E-state index contributed by atoms with van der Waals surface area (Å²) in [6.45, 7) is 2.25. The van der Waals surface area contributed by atoms with Gasteiger partial charge in [0.25, 0.3) is 0 Å². The van der Waals surface area contributed by atoms with E-state index < -0.39 is 0 Å². The number of fused-ring (bicyclic) bond motifs is 1. The molecule has 2 heteroatoms. The summed E-state index contributed by atoms with van der Waals surface area (Å²) in [5.74, 6) is 0. The van der Waals surface area contributed by atoms with Gasteiger partial charge in [0, 0.05) is 6.04 Å². The molecule has 1 aromatic rings. The highest BCUT2D eigenvalue weighted by molar-refractivity contribution is 5.38. The number of nitrogens with two attached hydrogens (primary N) is 1. The predicted octanol–water partition coefficient (Wildman–Crippen LogP) is 1.61. The van der Waals surface area contributed by atoms with E-state index in [-0.39, 0.29) is 6.04 Å². The summed E-state index contributed by atoms with van der Waals surface area (Å²) in [5, 5.41) is 3.43. The maximum absolute atomic E-state index is 6.43. The van der Waals surface area contributed by atoms with Gasteiger partial charge in [0.15, 0.2) is 0 Å². The number of piperidine rings is 1. The van der Waals surface area contributed by atoms with E-state index in [4.69, 9.17) is 5.73 Å². The van der Waals surface area contributed by atoms with E-state index >= 15 is 0 Å². The average Bonchev–Trinajstić information content (AvgIpc) is 2.54. The molecule has 1 fully saturated rings. The van der Waals surface area contributed by atoms with E-state index in [0.29, 0.717) is 5.41 Å². The summed E-state index contributed by atoms with van der Waals surface area (Å²) in [6.07, 6.45) is 3.64. The van der Waals surface area contributed by atoms with Crippen LogP contribution in [0.3, 0.4) is 0 Å². The second-order valence-corrected chi connectivity index (χ2v) is 4.97. The number of benzene rings is 1. The van der Waals surface area contributed by atoms with Crippen molar-refractivity contribution in [3.05, 3.63) is 35.4 Å². The van der Waals surface area contributed by atoms with Gasteiger partial charge in [-0.25, -0.2) is 0 Å². The zero-order valence-corrected chi connectivity index (χ0v) is 9.00. The molecular formula is C13H18N2. The first-order valence-electron chi connectivity index (χ1n) is 5.86. The van der Waals surface area contributed by atoms with Crippen molar-refractivity contribution < 1.29 is 0 Å². The molecule has 1 atom stereocenters. The first-order valence-corrected chi connectivity index (χ1v) is 5.86. The molecule has 1 aromatic carbocycles. The molecule has 2 nitrogen and oxygen atoms in total. The zero-order valence-electron chi connectivity index (χ0n) is 9.00. The van der Waals surface area contributed by atoms with Gasteiger partial charge in [-0.05, 0) is 48.9 Å². The third kappa shape index (κ3) is 1.32. The van der Waals surface area contributed by atoms with Gasteiger partial charge in [0.2, 0.25) is 0 Å². The van der Waals surface area contributed by atoms with Crippen LogP contribution in [0.4, 0.5) is 0 Å². The van der Waals surface area contributed by atoms with Gasteiger partial charge in [-0.15, -0.1) is 0 Å². The van der Waals surface area contributed by atoms with Crippen molar-refractivity contribution in [2.24, 2.45) is 11.1 Å². The molecule has 1 saturated heterocycles. The van der Waals surface area contributed by atoms with E-state index in [0.717, 1.165) is 13.1 Å². The van der Waals surface area contributed by atoms with E-state index in [9.17, 15) is 0 Å². The number of hydrogen-bond acceptors (Lipinski definition) is 2. The smallest absolute Gasteiger partial charge is 0.0359 e. The molecule has 0 amide bonds. The van der Waals surface area contributed by atoms with Gasteiger partial charge < -0.3 is 11.1 Å². The van der Waals surface area contributed by atoms with Gasteiger partial charge in [0.1, 0.15) is 0 Å². The lowest BCUT2D eigenvalue weighted by Crippen LogP contribution is -2.41. The molecule has 0 unspecified atom stereocenters. The molecule has 0 radical (unpaired) electrons. The van der Waals surface area contributed by atoms with E-state index in [1.165, 1.54) is 30.4 Å². The summed E-state index contributed by atoms with van der Waals surface area (Å²) in [5.41, 5.74) is 9.65. The molecule has 80 valence electrons.